The van der Waals surface area contributed by atoms with Crippen LogP contribution in [0.5, 0.6) is 0 Å². The van der Waals surface area contributed by atoms with Gasteiger partial charge in [-0.25, -0.2) is 0 Å². The van der Waals surface area contributed by atoms with Crippen molar-refractivity contribution in [2.45, 2.75) is 61.0 Å². The molecule has 166 valence electrons. The molecule has 0 fully saturated rings. The standard InChI is InChI=1S/C27H35BrN2O/c1-17(2)13-14-19(4)27(20(5)26-16-15-18(3)21(6)29-26)30-23(8)31-22(7)24-11-9-10-12-25(24)28/h9-12,14-17,22,30H,8,13H2,1-7H3/b19-14+,27-20-/t22-/m1/s1. The van der Waals surface area contributed by atoms with Gasteiger partial charge in [0.15, 0.2) is 5.88 Å². The lowest BCUT2D eigenvalue weighted by Crippen LogP contribution is -2.18. The van der Waals surface area contributed by atoms with E-state index in [0.29, 0.717) is 11.8 Å². The van der Waals surface area contributed by atoms with Crippen LogP contribution in [0.15, 0.2) is 70.7 Å². The molecule has 1 N–H and O–H groups in total. The van der Waals surface area contributed by atoms with Gasteiger partial charge in [0.25, 0.3) is 0 Å². The van der Waals surface area contributed by atoms with Crippen LogP contribution in [0.25, 0.3) is 5.57 Å². The van der Waals surface area contributed by atoms with Crippen LogP contribution >= 0.6 is 15.9 Å². The molecule has 0 radical (unpaired) electrons. The highest BCUT2D eigenvalue weighted by atomic mass is 79.9. The summed E-state index contributed by atoms with van der Waals surface area (Å²) in [6.45, 7) is 19.0. The van der Waals surface area contributed by atoms with Gasteiger partial charge in [-0.05, 0) is 82.4 Å². The molecule has 0 unspecified atom stereocenters. The minimum Gasteiger partial charge on any atom is -0.472 e. The van der Waals surface area contributed by atoms with Gasteiger partial charge in [-0.2, -0.15) is 0 Å². The first-order valence-corrected chi connectivity index (χ1v) is 11.6. The van der Waals surface area contributed by atoms with E-state index in [1.165, 1.54) is 5.56 Å². The molecule has 31 heavy (non-hydrogen) atoms. The zero-order chi connectivity index (χ0) is 23.1. The molecule has 0 aliphatic rings. The number of hydrogen-bond donors (Lipinski definition) is 1. The van der Waals surface area contributed by atoms with Gasteiger partial charge in [0.05, 0.1) is 5.69 Å². The molecule has 0 saturated heterocycles. The number of halogens is 1. The highest BCUT2D eigenvalue weighted by Gasteiger charge is 2.15. The number of aryl methyl sites for hydroxylation is 2. The molecule has 2 aromatic rings. The second-order valence-corrected chi connectivity index (χ2v) is 9.30. The molecule has 4 heteroatoms. The first kappa shape index (κ1) is 24.9. The molecule has 0 bridgehead atoms. The fraction of sp³-hybridized carbons (Fsp3) is 0.370. The molecule has 0 aliphatic heterocycles. The normalized spacial score (nSPS) is 13.6. The number of pyridine rings is 1. The van der Waals surface area contributed by atoms with Crippen LogP contribution in [0.2, 0.25) is 0 Å². The van der Waals surface area contributed by atoms with Gasteiger partial charge in [-0.3, -0.25) is 4.98 Å². The third-order valence-electron chi connectivity index (χ3n) is 5.33. The van der Waals surface area contributed by atoms with E-state index < -0.39 is 0 Å². The van der Waals surface area contributed by atoms with Gasteiger partial charge in [-0.15, -0.1) is 0 Å². The maximum atomic E-state index is 6.13. The summed E-state index contributed by atoms with van der Waals surface area (Å²) in [6.07, 6.45) is 3.13. The van der Waals surface area contributed by atoms with Gasteiger partial charge >= 0.3 is 0 Å². The van der Waals surface area contributed by atoms with Gasteiger partial charge in [0.2, 0.25) is 0 Å². The van der Waals surface area contributed by atoms with Crippen LogP contribution in [-0.4, -0.2) is 4.98 Å². The van der Waals surface area contributed by atoms with Crippen molar-refractivity contribution in [2.75, 3.05) is 0 Å². The lowest BCUT2D eigenvalue weighted by Gasteiger charge is -2.22. The SMILES string of the molecule is C=C(NC(=C(/C)c1ccc(C)c(C)n1)/C(C)=C/CC(C)C)O[C@H](C)c1ccccc1Br. The number of benzene rings is 1. The van der Waals surface area contributed by atoms with Crippen LogP contribution in [0.4, 0.5) is 0 Å². The summed E-state index contributed by atoms with van der Waals surface area (Å²) in [5, 5.41) is 3.43. The van der Waals surface area contributed by atoms with E-state index in [-0.39, 0.29) is 6.10 Å². The van der Waals surface area contributed by atoms with Crippen molar-refractivity contribution in [1.29, 1.82) is 0 Å². The average molecular weight is 483 g/mol. The summed E-state index contributed by atoms with van der Waals surface area (Å²) in [6, 6.07) is 12.3. The number of aromatic nitrogens is 1. The monoisotopic (exact) mass is 482 g/mol. The van der Waals surface area contributed by atoms with E-state index in [0.717, 1.165) is 44.7 Å². The highest BCUT2D eigenvalue weighted by molar-refractivity contribution is 9.10. The number of allylic oxidation sites excluding steroid dienone is 3. The molecule has 0 aliphatic carbocycles. The minimum atomic E-state index is -0.142. The molecule has 2 rings (SSSR count). The molecule has 3 nitrogen and oxygen atoms in total. The molecule has 0 spiro atoms. The van der Waals surface area contributed by atoms with Crippen molar-refractivity contribution in [3.05, 3.63) is 93.2 Å². The molecule has 1 atom stereocenters. The zero-order valence-corrected chi connectivity index (χ0v) is 21.4. The smallest absolute Gasteiger partial charge is 0.184 e. The Labute approximate surface area is 196 Å². The Hall–Kier alpha value is -2.33. The lowest BCUT2D eigenvalue weighted by molar-refractivity contribution is 0.121. The Morgan fingerprint density at radius 2 is 1.81 bits per heavy atom. The second-order valence-electron chi connectivity index (χ2n) is 8.45. The first-order chi connectivity index (χ1) is 14.6. The van der Waals surface area contributed by atoms with Crippen LogP contribution in [0, 0.1) is 19.8 Å². The van der Waals surface area contributed by atoms with E-state index in [1.807, 2.05) is 32.0 Å². The second kappa shape index (κ2) is 11.3. The Balaban J connectivity index is 2.34. The number of ether oxygens (including phenoxy) is 1. The van der Waals surface area contributed by atoms with Crippen molar-refractivity contribution < 1.29 is 4.74 Å². The predicted octanol–water partition coefficient (Wildman–Crippen LogP) is 8.02. The quantitative estimate of drug-likeness (QED) is 0.290. The summed E-state index contributed by atoms with van der Waals surface area (Å²) in [7, 11) is 0. The largest absolute Gasteiger partial charge is 0.472 e. The van der Waals surface area contributed by atoms with Crippen LogP contribution < -0.4 is 5.32 Å². The van der Waals surface area contributed by atoms with Crippen LogP contribution in [0.3, 0.4) is 0 Å². The van der Waals surface area contributed by atoms with Crippen LogP contribution in [-0.2, 0) is 4.74 Å². The van der Waals surface area contributed by atoms with E-state index >= 15 is 0 Å². The summed E-state index contributed by atoms with van der Waals surface area (Å²) in [4.78, 5) is 4.80. The Morgan fingerprint density at radius 3 is 2.42 bits per heavy atom. The Morgan fingerprint density at radius 1 is 1.13 bits per heavy atom. The van der Waals surface area contributed by atoms with Crippen molar-refractivity contribution in [2.24, 2.45) is 5.92 Å². The molecule has 1 aromatic heterocycles. The van der Waals surface area contributed by atoms with E-state index in [2.05, 4.69) is 86.7 Å². The highest BCUT2D eigenvalue weighted by Crippen LogP contribution is 2.28. The fourth-order valence-corrected chi connectivity index (χ4v) is 3.83. The van der Waals surface area contributed by atoms with Gasteiger partial charge < -0.3 is 10.1 Å². The maximum absolute atomic E-state index is 6.13. The number of nitrogens with one attached hydrogen (secondary N) is 1. The zero-order valence-electron chi connectivity index (χ0n) is 19.8. The average Bonchev–Trinajstić information content (AvgIpc) is 2.72. The summed E-state index contributed by atoms with van der Waals surface area (Å²) in [5.41, 5.74) is 7.47. The van der Waals surface area contributed by atoms with Crippen molar-refractivity contribution in [1.82, 2.24) is 10.3 Å². The molecular weight excluding hydrogens is 448 g/mol. The van der Waals surface area contributed by atoms with E-state index in [1.54, 1.807) is 0 Å². The summed E-state index contributed by atoms with van der Waals surface area (Å²) in [5.74, 6) is 1.10. The van der Waals surface area contributed by atoms with E-state index in [4.69, 9.17) is 9.72 Å². The molecular formula is C27H35BrN2O. The summed E-state index contributed by atoms with van der Waals surface area (Å²) < 4.78 is 7.16. The predicted molar refractivity (Wildman–Crippen MR) is 135 cm³/mol. The Bertz CT molecular complexity index is 988. The minimum absolute atomic E-state index is 0.142. The van der Waals surface area contributed by atoms with Gasteiger partial charge in [-0.1, -0.05) is 60.1 Å². The summed E-state index contributed by atoms with van der Waals surface area (Å²) >= 11 is 3.60. The maximum Gasteiger partial charge on any atom is 0.184 e. The van der Waals surface area contributed by atoms with Gasteiger partial charge in [0.1, 0.15) is 6.10 Å². The third-order valence-corrected chi connectivity index (χ3v) is 6.05. The van der Waals surface area contributed by atoms with Crippen molar-refractivity contribution in [3.8, 4) is 0 Å². The van der Waals surface area contributed by atoms with E-state index in [9.17, 15) is 0 Å². The number of nitrogens with zero attached hydrogens (tertiary/aromatic N) is 1. The van der Waals surface area contributed by atoms with Gasteiger partial charge in [0, 0.05) is 21.4 Å². The lowest BCUT2D eigenvalue weighted by atomic mass is 10.0. The molecule has 0 amide bonds. The molecule has 0 saturated carbocycles. The first-order valence-electron chi connectivity index (χ1n) is 10.8. The third kappa shape index (κ3) is 7.10. The number of hydrogen-bond acceptors (Lipinski definition) is 3. The topological polar surface area (TPSA) is 34.2 Å². The molecule has 1 heterocycles. The van der Waals surface area contributed by atoms with Crippen molar-refractivity contribution >= 4 is 21.5 Å². The Kier molecular flexibility index (Phi) is 9.12. The van der Waals surface area contributed by atoms with Crippen LogP contribution in [0.1, 0.15) is 69.7 Å². The number of rotatable bonds is 9. The fourth-order valence-electron chi connectivity index (χ4n) is 3.22. The van der Waals surface area contributed by atoms with Crippen molar-refractivity contribution in [3.63, 3.8) is 0 Å². The molecule has 1 aromatic carbocycles.